The molecule has 134 valence electrons. The smallest absolute Gasteiger partial charge is 0.128 e. The van der Waals surface area contributed by atoms with E-state index < -0.39 is 33.5 Å². The van der Waals surface area contributed by atoms with Gasteiger partial charge in [-0.3, -0.25) is 4.21 Å². The average molecular weight is 376 g/mol. The lowest BCUT2D eigenvalue weighted by atomic mass is 10.0. The molecule has 2 N–H and O–H groups in total. The predicted molar refractivity (Wildman–Crippen MR) is 94.4 cm³/mol. The molecule has 2 unspecified atom stereocenters. The van der Waals surface area contributed by atoms with Gasteiger partial charge in [-0.15, -0.1) is 0 Å². The Bertz CT molecular complexity index is 926. The van der Waals surface area contributed by atoms with Gasteiger partial charge in [0.05, 0.1) is 16.0 Å². The Morgan fingerprint density at radius 3 is 2.31 bits per heavy atom. The van der Waals surface area contributed by atoms with Gasteiger partial charge in [-0.1, -0.05) is 0 Å². The summed E-state index contributed by atoms with van der Waals surface area (Å²) in [6, 6.07) is 9.53. The highest BCUT2D eigenvalue weighted by Crippen LogP contribution is 2.36. The minimum absolute atomic E-state index is 0.0682. The topological polar surface area (TPSA) is 56.0 Å². The van der Waals surface area contributed by atoms with E-state index in [1.807, 2.05) is 0 Å². The Morgan fingerprint density at radius 2 is 1.62 bits per heavy atom. The van der Waals surface area contributed by atoms with Crippen molar-refractivity contribution >= 4 is 16.6 Å². The summed E-state index contributed by atoms with van der Waals surface area (Å²) in [6.45, 7) is 1.72. The van der Waals surface area contributed by atoms with Gasteiger partial charge < -0.3 is 5.73 Å². The van der Waals surface area contributed by atoms with E-state index >= 15 is 0 Å². The van der Waals surface area contributed by atoms with Crippen molar-refractivity contribution in [3.63, 3.8) is 0 Å². The molecule has 3 aromatic rings. The van der Waals surface area contributed by atoms with Gasteiger partial charge in [0.15, 0.2) is 0 Å². The molecule has 0 spiro atoms. The molecule has 0 aliphatic heterocycles. The molecule has 0 amide bonds. The van der Waals surface area contributed by atoms with Crippen molar-refractivity contribution in [2.24, 2.45) is 0 Å². The standard InChI is InChI=1S/C19H15F3N2OS/c1-11-10-24-18(23)9-15(11)19(16-8-13(21)4-7-17(16)22)26(25)14-5-2-12(20)3-6-14/h2-10,19H,1H3,(H2,23,24). The number of pyridine rings is 1. The molecule has 7 heteroatoms. The number of benzene rings is 2. The zero-order valence-corrected chi connectivity index (χ0v) is 14.6. The van der Waals surface area contributed by atoms with E-state index in [-0.39, 0.29) is 16.3 Å². The predicted octanol–water partition coefficient (Wildman–Crippen LogP) is 4.29. The Balaban J connectivity index is 2.22. The number of aryl methyl sites for hydroxylation is 1. The second-order valence-electron chi connectivity index (χ2n) is 5.76. The summed E-state index contributed by atoms with van der Waals surface area (Å²) in [4.78, 5) is 4.25. The van der Waals surface area contributed by atoms with Crippen molar-refractivity contribution in [1.29, 1.82) is 0 Å². The number of aromatic nitrogens is 1. The van der Waals surface area contributed by atoms with Crippen LogP contribution in [0.15, 0.2) is 59.6 Å². The fraction of sp³-hybridized carbons (Fsp3) is 0.105. The average Bonchev–Trinajstić information content (AvgIpc) is 2.61. The summed E-state index contributed by atoms with van der Waals surface area (Å²) >= 11 is 0. The van der Waals surface area contributed by atoms with Crippen LogP contribution in [0.2, 0.25) is 0 Å². The van der Waals surface area contributed by atoms with Crippen LogP contribution in [-0.4, -0.2) is 9.19 Å². The third kappa shape index (κ3) is 3.62. The Hall–Kier alpha value is -2.67. The molecule has 2 aromatic carbocycles. The van der Waals surface area contributed by atoms with E-state index in [0.717, 1.165) is 18.2 Å². The first-order chi connectivity index (χ1) is 12.4. The molecule has 0 bridgehead atoms. The summed E-state index contributed by atoms with van der Waals surface area (Å²) in [5.41, 5.74) is 6.77. The van der Waals surface area contributed by atoms with Crippen molar-refractivity contribution < 1.29 is 17.4 Å². The van der Waals surface area contributed by atoms with E-state index in [9.17, 15) is 17.4 Å². The van der Waals surface area contributed by atoms with Crippen LogP contribution in [0.3, 0.4) is 0 Å². The normalized spacial score (nSPS) is 13.4. The molecule has 0 radical (unpaired) electrons. The zero-order chi connectivity index (χ0) is 18.8. The highest BCUT2D eigenvalue weighted by atomic mass is 32.2. The van der Waals surface area contributed by atoms with Crippen molar-refractivity contribution in [3.8, 4) is 0 Å². The molecule has 0 saturated heterocycles. The van der Waals surface area contributed by atoms with Crippen molar-refractivity contribution in [2.75, 3.05) is 5.73 Å². The largest absolute Gasteiger partial charge is 0.384 e. The maximum absolute atomic E-state index is 14.5. The monoisotopic (exact) mass is 376 g/mol. The van der Waals surface area contributed by atoms with Crippen LogP contribution in [0.5, 0.6) is 0 Å². The highest BCUT2D eigenvalue weighted by molar-refractivity contribution is 7.85. The number of nitrogens with zero attached hydrogens (tertiary/aromatic N) is 1. The molecule has 0 aliphatic carbocycles. The van der Waals surface area contributed by atoms with Crippen LogP contribution >= 0.6 is 0 Å². The van der Waals surface area contributed by atoms with E-state index in [1.165, 1.54) is 36.5 Å². The molecule has 0 saturated carbocycles. The number of hydrogen-bond donors (Lipinski definition) is 1. The lowest BCUT2D eigenvalue weighted by Gasteiger charge is -2.20. The molecule has 0 fully saturated rings. The van der Waals surface area contributed by atoms with Crippen molar-refractivity contribution in [1.82, 2.24) is 4.98 Å². The summed E-state index contributed by atoms with van der Waals surface area (Å²) in [5.74, 6) is -1.66. The quantitative estimate of drug-likeness (QED) is 0.739. The van der Waals surface area contributed by atoms with Gasteiger partial charge in [-0.05, 0) is 66.6 Å². The maximum atomic E-state index is 14.5. The van der Waals surface area contributed by atoms with E-state index in [1.54, 1.807) is 6.92 Å². The first-order valence-corrected chi connectivity index (χ1v) is 8.91. The van der Waals surface area contributed by atoms with E-state index in [2.05, 4.69) is 4.98 Å². The van der Waals surface area contributed by atoms with Crippen LogP contribution in [0.4, 0.5) is 19.0 Å². The molecule has 26 heavy (non-hydrogen) atoms. The van der Waals surface area contributed by atoms with Crippen molar-refractivity contribution in [2.45, 2.75) is 17.1 Å². The van der Waals surface area contributed by atoms with Gasteiger partial charge in [0, 0.05) is 16.7 Å². The third-order valence-electron chi connectivity index (χ3n) is 3.95. The molecular formula is C19H15F3N2OS. The van der Waals surface area contributed by atoms with Crippen LogP contribution in [0.25, 0.3) is 0 Å². The SMILES string of the molecule is Cc1cnc(N)cc1C(c1cc(F)ccc1F)S(=O)c1ccc(F)cc1. The number of halogens is 3. The molecule has 3 rings (SSSR count). The van der Waals surface area contributed by atoms with E-state index in [4.69, 9.17) is 5.73 Å². The molecule has 1 heterocycles. The maximum Gasteiger partial charge on any atom is 0.128 e. The first kappa shape index (κ1) is 18.1. The summed E-state index contributed by atoms with van der Waals surface area (Å²) in [7, 11) is -1.83. The number of nitrogen functional groups attached to an aromatic ring is 1. The van der Waals surface area contributed by atoms with Crippen molar-refractivity contribution in [3.05, 3.63) is 88.9 Å². The lowest BCUT2D eigenvalue weighted by molar-refractivity contribution is 0.585. The van der Waals surface area contributed by atoms with Crippen LogP contribution in [0, 0.1) is 24.4 Å². The second kappa shape index (κ2) is 7.29. The molecule has 3 nitrogen and oxygen atoms in total. The second-order valence-corrected chi connectivity index (χ2v) is 7.30. The van der Waals surface area contributed by atoms with Gasteiger partial charge in [-0.25, -0.2) is 18.2 Å². The first-order valence-electron chi connectivity index (χ1n) is 7.70. The highest BCUT2D eigenvalue weighted by Gasteiger charge is 2.28. The van der Waals surface area contributed by atoms with E-state index in [0.29, 0.717) is 11.1 Å². The third-order valence-corrected chi connectivity index (χ3v) is 5.62. The summed E-state index contributed by atoms with van der Waals surface area (Å²) in [5, 5.41) is -1.03. The van der Waals surface area contributed by atoms with Gasteiger partial charge in [0.25, 0.3) is 0 Å². The molecule has 1 aromatic heterocycles. The van der Waals surface area contributed by atoms with Crippen LogP contribution < -0.4 is 5.73 Å². The Kier molecular flexibility index (Phi) is 5.08. The molecule has 2 atom stereocenters. The Labute approximate surface area is 151 Å². The number of nitrogens with two attached hydrogens (primary N) is 1. The number of anilines is 1. The van der Waals surface area contributed by atoms with Gasteiger partial charge >= 0.3 is 0 Å². The van der Waals surface area contributed by atoms with Gasteiger partial charge in [0.1, 0.15) is 23.3 Å². The van der Waals surface area contributed by atoms with Gasteiger partial charge in [-0.2, -0.15) is 0 Å². The molecule has 0 aliphatic rings. The number of rotatable bonds is 4. The summed E-state index contributed by atoms with van der Waals surface area (Å²) < 4.78 is 54.7. The van der Waals surface area contributed by atoms with Crippen LogP contribution in [0.1, 0.15) is 21.9 Å². The Morgan fingerprint density at radius 1 is 0.962 bits per heavy atom. The number of hydrogen-bond acceptors (Lipinski definition) is 3. The lowest BCUT2D eigenvalue weighted by Crippen LogP contribution is -2.13. The van der Waals surface area contributed by atoms with Crippen LogP contribution in [-0.2, 0) is 10.8 Å². The summed E-state index contributed by atoms with van der Waals surface area (Å²) in [6.07, 6.45) is 1.48. The minimum Gasteiger partial charge on any atom is -0.384 e. The van der Waals surface area contributed by atoms with Gasteiger partial charge in [0.2, 0.25) is 0 Å². The zero-order valence-electron chi connectivity index (χ0n) is 13.7. The molecular weight excluding hydrogens is 361 g/mol. The fourth-order valence-corrected chi connectivity index (χ4v) is 4.23. The minimum atomic E-state index is -1.83. The fourth-order valence-electron chi connectivity index (χ4n) is 2.66.